The van der Waals surface area contributed by atoms with Crippen LogP contribution in [0.3, 0.4) is 0 Å². The summed E-state index contributed by atoms with van der Waals surface area (Å²) in [7, 11) is 2.02. The highest BCUT2D eigenvalue weighted by atomic mass is 15.4. The minimum absolute atomic E-state index is 0.583. The second-order valence-electron chi connectivity index (χ2n) is 5.10. The van der Waals surface area contributed by atoms with Crippen LogP contribution in [0.15, 0.2) is 0 Å². The summed E-state index contributed by atoms with van der Waals surface area (Å²) in [5, 5.41) is 4.51. The van der Waals surface area contributed by atoms with Crippen molar-refractivity contribution in [2.45, 2.75) is 39.7 Å². The van der Waals surface area contributed by atoms with Crippen LogP contribution in [0.5, 0.6) is 0 Å². The second-order valence-corrected chi connectivity index (χ2v) is 5.10. The summed E-state index contributed by atoms with van der Waals surface area (Å²) >= 11 is 0. The van der Waals surface area contributed by atoms with Crippen molar-refractivity contribution in [1.82, 2.24) is 9.78 Å². The lowest BCUT2D eigenvalue weighted by Crippen LogP contribution is -2.29. The quantitative estimate of drug-likeness (QED) is 0.819. The van der Waals surface area contributed by atoms with Crippen molar-refractivity contribution in [2.24, 2.45) is 18.7 Å². The van der Waals surface area contributed by atoms with E-state index in [4.69, 9.17) is 5.73 Å². The SMILES string of the molecule is CCCN(CC1CC1)c1c(CN)c(C)nn1C. The van der Waals surface area contributed by atoms with E-state index < -0.39 is 0 Å². The fraction of sp³-hybridized carbons (Fsp3) is 0.769. The summed E-state index contributed by atoms with van der Waals surface area (Å²) in [6.07, 6.45) is 3.94. The fourth-order valence-corrected chi connectivity index (χ4v) is 2.49. The third kappa shape index (κ3) is 2.63. The summed E-state index contributed by atoms with van der Waals surface area (Å²) in [4.78, 5) is 2.47. The van der Waals surface area contributed by atoms with Crippen LogP contribution in [0.1, 0.15) is 37.4 Å². The van der Waals surface area contributed by atoms with E-state index in [0.29, 0.717) is 6.54 Å². The van der Waals surface area contributed by atoms with Gasteiger partial charge >= 0.3 is 0 Å². The van der Waals surface area contributed by atoms with Crippen LogP contribution in [0.25, 0.3) is 0 Å². The summed E-state index contributed by atoms with van der Waals surface area (Å²) in [6.45, 7) is 7.13. The largest absolute Gasteiger partial charge is 0.356 e. The summed E-state index contributed by atoms with van der Waals surface area (Å²) in [5.74, 6) is 2.13. The predicted octanol–water partition coefficient (Wildman–Crippen LogP) is 1.81. The monoisotopic (exact) mass is 236 g/mol. The Kier molecular flexibility index (Phi) is 3.72. The van der Waals surface area contributed by atoms with Crippen LogP contribution in [-0.4, -0.2) is 22.9 Å². The smallest absolute Gasteiger partial charge is 0.131 e. The number of anilines is 1. The highest BCUT2D eigenvalue weighted by Gasteiger charge is 2.27. The highest BCUT2D eigenvalue weighted by Crippen LogP contribution is 2.33. The van der Waals surface area contributed by atoms with Crippen LogP contribution in [-0.2, 0) is 13.6 Å². The maximum atomic E-state index is 5.87. The molecule has 1 aliphatic carbocycles. The van der Waals surface area contributed by atoms with Crippen molar-refractivity contribution in [3.8, 4) is 0 Å². The van der Waals surface area contributed by atoms with Crippen molar-refractivity contribution in [3.63, 3.8) is 0 Å². The average Bonchev–Trinajstić information content (AvgIpc) is 3.03. The molecule has 0 bridgehead atoms. The molecular weight excluding hydrogens is 212 g/mol. The van der Waals surface area contributed by atoms with Gasteiger partial charge in [0.15, 0.2) is 0 Å². The third-order valence-corrected chi connectivity index (χ3v) is 3.49. The molecule has 1 aromatic rings. The van der Waals surface area contributed by atoms with E-state index in [-0.39, 0.29) is 0 Å². The Morgan fingerprint density at radius 3 is 2.71 bits per heavy atom. The van der Waals surface area contributed by atoms with Gasteiger partial charge < -0.3 is 10.6 Å². The van der Waals surface area contributed by atoms with E-state index in [1.54, 1.807) is 0 Å². The molecule has 1 heterocycles. The summed E-state index contributed by atoms with van der Waals surface area (Å²) in [5.41, 5.74) is 8.15. The maximum Gasteiger partial charge on any atom is 0.131 e. The van der Waals surface area contributed by atoms with Crippen molar-refractivity contribution >= 4 is 5.82 Å². The summed E-state index contributed by atoms with van der Waals surface area (Å²) in [6, 6.07) is 0. The van der Waals surface area contributed by atoms with E-state index >= 15 is 0 Å². The number of nitrogens with zero attached hydrogens (tertiary/aromatic N) is 3. The van der Waals surface area contributed by atoms with Crippen molar-refractivity contribution in [2.75, 3.05) is 18.0 Å². The molecule has 0 aliphatic heterocycles. The molecular formula is C13H24N4. The Labute approximate surface area is 104 Å². The number of aromatic nitrogens is 2. The first-order chi connectivity index (χ1) is 8.17. The zero-order chi connectivity index (χ0) is 12.4. The zero-order valence-corrected chi connectivity index (χ0v) is 11.2. The van der Waals surface area contributed by atoms with Gasteiger partial charge in [0.25, 0.3) is 0 Å². The van der Waals surface area contributed by atoms with Gasteiger partial charge in [-0.25, -0.2) is 0 Å². The second kappa shape index (κ2) is 5.08. The van der Waals surface area contributed by atoms with Crippen molar-refractivity contribution in [3.05, 3.63) is 11.3 Å². The zero-order valence-electron chi connectivity index (χ0n) is 11.2. The van der Waals surface area contributed by atoms with Gasteiger partial charge in [-0.3, -0.25) is 4.68 Å². The molecule has 1 fully saturated rings. The molecule has 0 saturated heterocycles. The van der Waals surface area contributed by atoms with Gasteiger partial charge in [-0.05, 0) is 32.1 Å². The minimum atomic E-state index is 0.583. The standard InChI is InChI=1S/C13H24N4/c1-4-7-17(9-11-5-6-11)13-12(8-14)10(2)15-16(13)3/h11H,4-9,14H2,1-3H3. The lowest BCUT2D eigenvalue weighted by molar-refractivity contribution is 0.656. The fourth-order valence-electron chi connectivity index (χ4n) is 2.49. The topological polar surface area (TPSA) is 47.1 Å². The predicted molar refractivity (Wildman–Crippen MR) is 71.1 cm³/mol. The Morgan fingerprint density at radius 2 is 2.18 bits per heavy atom. The molecule has 96 valence electrons. The molecule has 4 nitrogen and oxygen atoms in total. The molecule has 0 aromatic carbocycles. The molecule has 2 rings (SSSR count). The maximum absolute atomic E-state index is 5.87. The number of nitrogens with two attached hydrogens (primary N) is 1. The first-order valence-corrected chi connectivity index (χ1v) is 6.64. The Balaban J connectivity index is 2.26. The Hall–Kier alpha value is -1.03. The third-order valence-electron chi connectivity index (χ3n) is 3.49. The van der Waals surface area contributed by atoms with Gasteiger partial charge in [0, 0.05) is 32.2 Å². The van der Waals surface area contributed by atoms with E-state index in [2.05, 4.69) is 16.9 Å². The van der Waals surface area contributed by atoms with Crippen molar-refractivity contribution in [1.29, 1.82) is 0 Å². The number of hydrogen-bond acceptors (Lipinski definition) is 3. The number of hydrogen-bond donors (Lipinski definition) is 1. The van der Waals surface area contributed by atoms with E-state index in [1.807, 2.05) is 18.7 Å². The molecule has 1 aliphatic rings. The summed E-state index contributed by atoms with van der Waals surface area (Å²) < 4.78 is 2.00. The molecule has 0 radical (unpaired) electrons. The first-order valence-electron chi connectivity index (χ1n) is 6.64. The van der Waals surface area contributed by atoms with Crippen molar-refractivity contribution < 1.29 is 0 Å². The first kappa shape index (κ1) is 12.4. The van der Waals surface area contributed by atoms with Gasteiger partial charge in [0.1, 0.15) is 5.82 Å². The Bertz CT molecular complexity index is 379. The molecule has 0 unspecified atom stereocenters. The van der Waals surface area contributed by atoms with Gasteiger partial charge in [0.2, 0.25) is 0 Å². The van der Waals surface area contributed by atoms with Gasteiger partial charge in [0.05, 0.1) is 5.69 Å². The molecule has 0 spiro atoms. The normalized spacial score (nSPS) is 15.3. The molecule has 0 amide bonds. The molecule has 1 saturated carbocycles. The number of aryl methyl sites for hydroxylation is 2. The minimum Gasteiger partial charge on any atom is -0.356 e. The lowest BCUT2D eigenvalue weighted by Gasteiger charge is -2.25. The van der Waals surface area contributed by atoms with Gasteiger partial charge in [-0.15, -0.1) is 0 Å². The van der Waals surface area contributed by atoms with Crippen LogP contribution in [0, 0.1) is 12.8 Å². The highest BCUT2D eigenvalue weighted by molar-refractivity contribution is 5.50. The lowest BCUT2D eigenvalue weighted by atomic mass is 10.2. The van der Waals surface area contributed by atoms with Gasteiger partial charge in [-0.1, -0.05) is 6.92 Å². The van der Waals surface area contributed by atoms with E-state index in [0.717, 1.165) is 18.2 Å². The molecule has 2 N–H and O–H groups in total. The molecule has 17 heavy (non-hydrogen) atoms. The average molecular weight is 236 g/mol. The van der Waals surface area contributed by atoms with Gasteiger partial charge in [-0.2, -0.15) is 5.10 Å². The molecule has 4 heteroatoms. The Morgan fingerprint density at radius 1 is 1.47 bits per heavy atom. The van der Waals surface area contributed by atoms with E-state index in [9.17, 15) is 0 Å². The van der Waals surface area contributed by atoms with Crippen LogP contribution in [0.4, 0.5) is 5.82 Å². The molecule has 0 atom stereocenters. The molecule has 1 aromatic heterocycles. The van der Waals surface area contributed by atoms with Crippen LogP contribution < -0.4 is 10.6 Å². The number of rotatable bonds is 6. The van der Waals surface area contributed by atoms with Crippen LogP contribution in [0.2, 0.25) is 0 Å². The van der Waals surface area contributed by atoms with Crippen LogP contribution >= 0.6 is 0 Å². The van der Waals surface area contributed by atoms with E-state index in [1.165, 1.54) is 37.2 Å².